The van der Waals surface area contributed by atoms with Gasteiger partial charge < -0.3 is 10.1 Å². The van der Waals surface area contributed by atoms with E-state index in [0.717, 1.165) is 21.3 Å². The molecule has 0 aliphatic heterocycles. The fourth-order valence-corrected chi connectivity index (χ4v) is 4.45. The summed E-state index contributed by atoms with van der Waals surface area (Å²) in [6, 6.07) is 10.6. The number of thioether (sulfide) groups is 1. The smallest absolute Gasteiger partial charge is 0.338 e. The van der Waals surface area contributed by atoms with E-state index in [1.807, 2.05) is 30.5 Å². The first-order valence-electron chi connectivity index (χ1n) is 8.13. The van der Waals surface area contributed by atoms with Crippen molar-refractivity contribution in [2.24, 2.45) is 0 Å². The number of aryl methyl sites for hydroxylation is 1. The Morgan fingerprint density at radius 1 is 1.25 bits per heavy atom. The van der Waals surface area contributed by atoms with Crippen LogP contribution in [0.15, 0.2) is 46.0 Å². The number of nitriles is 1. The molecule has 9 heteroatoms. The fraction of sp³-hybridized carbons (Fsp3) is 0.158. The van der Waals surface area contributed by atoms with Crippen LogP contribution in [0.3, 0.4) is 0 Å². The molecule has 0 radical (unpaired) electrons. The minimum atomic E-state index is -0.575. The number of ether oxygens (including phenoxy) is 1. The summed E-state index contributed by atoms with van der Waals surface area (Å²) in [5.74, 6) is -0.298. The van der Waals surface area contributed by atoms with Gasteiger partial charge in [0.2, 0.25) is 0 Å². The van der Waals surface area contributed by atoms with Crippen molar-refractivity contribution < 1.29 is 14.3 Å². The van der Waals surface area contributed by atoms with Crippen LogP contribution in [0.4, 0.5) is 5.00 Å². The first-order chi connectivity index (χ1) is 13.5. The van der Waals surface area contributed by atoms with Gasteiger partial charge in [0, 0.05) is 16.0 Å². The van der Waals surface area contributed by atoms with Gasteiger partial charge >= 0.3 is 5.97 Å². The minimum Gasteiger partial charge on any atom is -0.452 e. The predicted octanol–water partition coefficient (Wildman–Crippen LogP) is 4.47. The second-order valence-electron chi connectivity index (χ2n) is 5.57. The molecule has 0 aliphatic carbocycles. The van der Waals surface area contributed by atoms with E-state index in [2.05, 4.69) is 10.3 Å². The van der Waals surface area contributed by atoms with Crippen LogP contribution in [0.2, 0.25) is 0 Å². The van der Waals surface area contributed by atoms with Gasteiger partial charge in [-0.25, -0.2) is 9.78 Å². The van der Waals surface area contributed by atoms with Crippen molar-refractivity contribution >= 4 is 51.3 Å². The number of nitrogens with one attached hydrogen (secondary N) is 1. The third kappa shape index (κ3) is 5.42. The molecular weight excluding hydrogens is 414 g/mol. The Bertz CT molecular complexity index is 1020. The second kappa shape index (κ2) is 9.50. The summed E-state index contributed by atoms with van der Waals surface area (Å²) in [4.78, 5) is 29.4. The molecule has 0 aliphatic rings. The van der Waals surface area contributed by atoms with Crippen molar-refractivity contribution in [3.63, 3.8) is 0 Å². The van der Waals surface area contributed by atoms with Crippen LogP contribution in [0.5, 0.6) is 0 Å². The van der Waals surface area contributed by atoms with E-state index < -0.39 is 18.5 Å². The van der Waals surface area contributed by atoms with Gasteiger partial charge in [0.05, 0.1) is 21.8 Å². The third-order valence-electron chi connectivity index (χ3n) is 3.52. The molecule has 6 nitrogen and oxygen atoms in total. The summed E-state index contributed by atoms with van der Waals surface area (Å²) < 4.78 is 5.04. The van der Waals surface area contributed by atoms with Crippen LogP contribution in [0, 0.1) is 18.3 Å². The van der Waals surface area contributed by atoms with Crippen molar-refractivity contribution in [2.45, 2.75) is 17.6 Å². The summed E-state index contributed by atoms with van der Waals surface area (Å²) in [6.07, 6.45) is 0. The van der Waals surface area contributed by atoms with E-state index in [1.165, 1.54) is 11.3 Å². The molecule has 2 aromatic heterocycles. The van der Waals surface area contributed by atoms with E-state index in [-0.39, 0.29) is 0 Å². The highest BCUT2D eigenvalue weighted by Crippen LogP contribution is 2.24. The van der Waals surface area contributed by atoms with Gasteiger partial charge in [-0.05, 0) is 42.6 Å². The second-order valence-corrected chi connectivity index (χ2v) is 8.60. The average molecular weight is 430 g/mol. The van der Waals surface area contributed by atoms with Gasteiger partial charge in [0.25, 0.3) is 5.91 Å². The Morgan fingerprint density at radius 3 is 2.71 bits per heavy atom. The van der Waals surface area contributed by atoms with Crippen LogP contribution in [0.1, 0.15) is 26.6 Å². The number of rotatable bonds is 7. The van der Waals surface area contributed by atoms with Crippen LogP contribution in [-0.2, 0) is 15.3 Å². The molecule has 0 spiro atoms. The predicted molar refractivity (Wildman–Crippen MR) is 111 cm³/mol. The van der Waals surface area contributed by atoms with E-state index in [9.17, 15) is 9.59 Å². The maximum absolute atomic E-state index is 12.1. The summed E-state index contributed by atoms with van der Waals surface area (Å²) in [5, 5.41) is 16.7. The number of nitrogens with zero attached hydrogens (tertiary/aromatic N) is 2. The molecule has 0 saturated heterocycles. The van der Waals surface area contributed by atoms with Crippen molar-refractivity contribution in [3.05, 3.63) is 62.9 Å². The molecule has 28 heavy (non-hydrogen) atoms. The van der Waals surface area contributed by atoms with E-state index in [4.69, 9.17) is 10.00 Å². The van der Waals surface area contributed by atoms with Gasteiger partial charge in [-0.2, -0.15) is 5.26 Å². The Labute approximate surface area is 174 Å². The number of thiophene rings is 1. The van der Waals surface area contributed by atoms with Gasteiger partial charge in [0.1, 0.15) is 11.1 Å². The molecule has 0 bridgehead atoms. The lowest BCUT2D eigenvalue weighted by molar-refractivity contribution is -0.119. The van der Waals surface area contributed by atoms with E-state index >= 15 is 0 Å². The van der Waals surface area contributed by atoms with Crippen LogP contribution in [0.25, 0.3) is 0 Å². The third-order valence-corrected chi connectivity index (χ3v) is 6.21. The molecule has 0 saturated carbocycles. The van der Waals surface area contributed by atoms with Gasteiger partial charge in [0.15, 0.2) is 6.61 Å². The van der Waals surface area contributed by atoms with Crippen LogP contribution in [-0.4, -0.2) is 23.5 Å². The zero-order valence-corrected chi connectivity index (χ0v) is 17.2. The number of aromatic nitrogens is 1. The number of hydrogen-bond donors (Lipinski definition) is 1. The van der Waals surface area contributed by atoms with Crippen molar-refractivity contribution in [3.8, 4) is 6.07 Å². The normalized spacial score (nSPS) is 10.3. The number of thiazole rings is 1. The zero-order chi connectivity index (χ0) is 19.9. The molecule has 1 aromatic carbocycles. The molecule has 142 valence electrons. The van der Waals surface area contributed by atoms with E-state index in [0.29, 0.717) is 16.1 Å². The topological polar surface area (TPSA) is 92.1 Å². The summed E-state index contributed by atoms with van der Waals surface area (Å²) in [6.45, 7) is 1.56. The molecule has 3 rings (SSSR count). The molecule has 2 heterocycles. The first-order valence-corrected chi connectivity index (χ1v) is 10.9. The van der Waals surface area contributed by atoms with Crippen molar-refractivity contribution in [1.82, 2.24) is 4.98 Å². The van der Waals surface area contributed by atoms with Gasteiger partial charge in [-0.15, -0.1) is 34.4 Å². The number of anilines is 1. The average Bonchev–Trinajstić information content (AvgIpc) is 3.33. The number of carbonyl (C=O) groups is 2. The number of hydrogen-bond acceptors (Lipinski definition) is 8. The first kappa shape index (κ1) is 20.1. The minimum absolute atomic E-state index is 0.371. The quantitative estimate of drug-likeness (QED) is 0.440. The molecule has 0 atom stereocenters. The van der Waals surface area contributed by atoms with Crippen LogP contribution < -0.4 is 5.32 Å². The summed E-state index contributed by atoms with van der Waals surface area (Å²) >= 11 is 4.49. The molecule has 0 fully saturated rings. The number of benzene rings is 1. The molecule has 1 N–H and O–H groups in total. The van der Waals surface area contributed by atoms with Crippen LogP contribution >= 0.6 is 34.4 Å². The monoisotopic (exact) mass is 429 g/mol. The largest absolute Gasteiger partial charge is 0.452 e. The molecule has 3 aromatic rings. The maximum atomic E-state index is 12.1. The Kier molecular flexibility index (Phi) is 6.81. The summed E-state index contributed by atoms with van der Waals surface area (Å²) in [5.41, 5.74) is 1.79. The molecule has 1 amide bonds. The van der Waals surface area contributed by atoms with Crippen molar-refractivity contribution in [1.29, 1.82) is 5.26 Å². The number of carbonyl (C=O) groups excluding carboxylic acids is 2. The zero-order valence-electron chi connectivity index (χ0n) is 14.8. The summed E-state index contributed by atoms with van der Waals surface area (Å²) in [7, 11) is 0. The van der Waals surface area contributed by atoms with Crippen molar-refractivity contribution in [2.75, 3.05) is 11.9 Å². The van der Waals surface area contributed by atoms with Gasteiger partial charge in [-0.3, -0.25) is 4.79 Å². The lowest BCUT2D eigenvalue weighted by Crippen LogP contribution is -2.20. The Morgan fingerprint density at radius 2 is 2.04 bits per heavy atom. The standard InChI is InChI=1S/C19H15N3O3S3/c1-12-21-15(10-27-12)11-28-16-4-2-13(3-5-16)19(24)25-9-17(23)22-18-14(8-20)6-7-26-18/h2-7,10H,9,11H2,1H3,(H,22,23). The molecular formula is C19H15N3O3S3. The highest BCUT2D eigenvalue weighted by atomic mass is 32.2. The Hall–Kier alpha value is -2.67. The highest BCUT2D eigenvalue weighted by molar-refractivity contribution is 7.98. The highest BCUT2D eigenvalue weighted by Gasteiger charge is 2.12. The molecule has 0 unspecified atom stereocenters. The lowest BCUT2D eigenvalue weighted by atomic mass is 10.2. The lowest BCUT2D eigenvalue weighted by Gasteiger charge is -2.06. The maximum Gasteiger partial charge on any atom is 0.338 e. The van der Waals surface area contributed by atoms with E-state index in [1.54, 1.807) is 46.7 Å². The number of esters is 1. The Balaban J connectivity index is 1.47. The van der Waals surface area contributed by atoms with Gasteiger partial charge in [-0.1, -0.05) is 0 Å². The fourth-order valence-electron chi connectivity index (χ4n) is 2.19. The SMILES string of the molecule is Cc1nc(CSc2ccc(C(=O)OCC(=O)Nc3sccc3C#N)cc2)cs1. The number of amides is 1.